The molecule has 4 rings (SSSR count). The first-order valence-electron chi connectivity index (χ1n) is 7.06. The molecule has 0 aliphatic heterocycles. The number of benzene rings is 1. The molecular weight excluding hydrogens is 292 g/mol. The van der Waals surface area contributed by atoms with E-state index in [2.05, 4.69) is 30.5 Å². The highest BCUT2D eigenvalue weighted by Crippen LogP contribution is 2.26. The van der Waals surface area contributed by atoms with Gasteiger partial charge in [-0.25, -0.2) is 15.0 Å². The van der Waals surface area contributed by atoms with Crippen molar-refractivity contribution in [3.8, 4) is 5.82 Å². The highest BCUT2D eigenvalue weighted by molar-refractivity contribution is 5.81. The third-order valence-corrected chi connectivity index (χ3v) is 3.38. The minimum Gasteiger partial charge on any atom is -0.384 e. The Bertz CT molecular complexity index is 950. The first kappa shape index (κ1) is 13.3. The Hall–Kier alpha value is -3.42. The van der Waals surface area contributed by atoms with Crippen LogP contribution < -0.4 is 11.1 Å². The molecule has 0 saturated heterocycles. The molecule has 114 valence electrons. The number of aryl methyl sites for hydroxylation is 1. The van der Waals surface area contributed by atoms with E-state index in [0.717, 1.165) is 16.9 Å². The third-order valence-electron chi connectivity index (χ3n) is 3.38. The zero-order chi connectivity index (χ0) is 15.8. The summed E-state index contributed by atoms with van der Waals surface area (Å²) in [5.41, 5.74) is 7.65. The summed E-state index contributed by atoms with van der Waals surface area (Å²) in [6.07, 6.45) is 1.67. The summed E-state index contributed by atoms with van der Waals surface area (Å²) >= 11 is 0. The summed E-state index contributed by atoms with van der Waals surface area (Å²) in [4.78, 5) is 13.2. The van der Waals surface area contributed by atoms with Gasteiger partial charge < -0.3 is 11.1 Å². The number of imidazole rings is 1. The van der Waals surface area contributed by atoms with Gasteiger partial charge >= 0.3 is 0 Å². The molecule has 0 unspecified atom stereocenters. The lowest BCUT2D eigenvalue weighted by Gasteiger charge is -2.10. The quantitative estimate of drug-likeness (QED) is 0.535. The third kappa shape index (κ3) is 2.35. The molecule has 4 aromatic rings. The van der Waals surface area contributed by atoms with Crippen LogP contribution in [-0.4, -0.2) is 29.7 Å². The molecule has 3 aromatic heterocycles. The minimum absolute atomic E-state index is 0.415. The Balaban J connectivity index is 1.95. The number of para-hydroxylation sites is 2. The number of hydrogen-bond donors (Lipinski definition) is 3. The Labute approximate surface area is 131 Å². The molecule has 0 saturated carbocycles. The van der Waals surface area contributed by atoms with Crippen molar-refractivity contribution in [2.24, 2.45) is 0 Å². The highest BCUT2D eigenvalue weighted by atomic mass is 15.3. The molecule has 8 nitrogen and oxygen atoms in total. The number of anilines is 3. The molecule has 0 amide bonds. The maximum atomic E-state index is 5.87. The predicted molar refractivity (Wildman–Crippen MR) is 87.7 cm³/mol. The smallest absolute Gasteiger partial charge is 0.215 e. The molecule has 23 heavy (non-hydrogen) atoms. The number of H-pyrrole nitrogens is 1. The lowest BCUT2D eigenvalue weighted by Crippen LogP contribution is -2.07. The van der Waals surface area contributed by atoms with Gasteiger partial charge in [0.2, 0.25) is 5.95 Å². The summed E-state index contributed by atoms with van der Waals surface area (Å²) in [7, 11) is 0. The summed E-state index contributed by atoms with van der Waals surface area (Å²) in [6, 6.07) is 11.4. The van der Waals surface area contributed by atoms with Crippen LogP contribution in [0.2, 0.25) is 0 Å². The molecule has 8 heteroatoms. The lowest BCUT2D eigenvalue weighted by molar-refractivity contribution is 0.962. The molecule has 0 radical (unpaired) electrons. The monoisotopic (exact) mass is 306 g/mol. The van der Waals surface area contributed by atoms with Crippen LogP contribution in [0.1, 0.15) is 5.82 Å². The summed E-state index contributed by atoms with van der Waals surface area (Å²) < 4.78 is 1.90. The average Bonchev–Trinajstić information content (AvgIpc) is 3.13. The van der Waals surface area contributed by atoms with Crippen molar-refractivity contribution in [1.82, 2.24) is 29.7 Å². The summed E-state index contributed by atoms with van der Waals surface area (Å²) in [5.74, 6) is 3.03. The van der Waals surface area contributed by atoms with Crippen molar-refractivity contribution in [3.05, 3.63) is 48.4 Å². The lowest BCUT2D eigenvalue weighted by atomic mass is 10.3. The van der Waals surface area contributed by atoms with E-state index in [1.54, 1.807) is 19.2 Å². The van der Waals surface area contributed by atoms with Crippen LogP contribution in [-0.2, 0) is 0 Å². The number of fused-ring (bicyclic) bond motifs is 1. The van der Waals surface area contributed by atoms with E-state index in [1.807, 2.05) is 34.9 Å². The van der Waals surface area contributed by atoms with E-state index in [1.165, 1.54) is 0 Å². The molecule has 1 aromatic carbocycles. The van der Waals surface area contributed by atoms with Crippen LogP contribution in [0.5, 0.6) is 0 Å². The molecule has 3 heterocycles. The molecule has 0 bridgehead atoms. The maximum Gasteiger partial charge on any atom is 0.215 e. The molecular formula is C15H14N8. The van der Waals surface area contributed by atoms with E-state index in [9.17, 15) is 0 Å². The van der Waals surface area contributed by atoms with E-state index in [0.29, 0.717) is 23.4 Å². The number of nitrogens with two attached hydrogens (primary N) is 1. The van der Waals surface area contributed by atoms with Crippen molar-refractivity contribution in [2.75, 3.05) is 11.1 Å². The van der Waals surface area contributed by atoms with Gasteiger partial charge in [-0.3, -0.25) is 9.67 Å². The van der Waals surface area contributed by atoms with Gasteiger partial charge in [-0.1, -0.05) is 12.1 Å². The molecule has 0 aliphatic rings. The first-order valence-corrected chi connectivity index (χ1v) is 7.06. The fourth-order valence-electron chi connectivity index (χ4n) is 2.48. The normalized spacial score (nSPS) is 11.0. The fraction of sp³-hybridized carbons (Fsp3) is 0.0667. The van der Waals surface area contributed by atoms with Gasteiger partial charge in [-0.15, -0.1) is 0 Å². The van der Waals surface area contributed by atoms with Gasteiger partial charge in [0, 0.05) is 12.1 Å². The number of aromatic amines is 1. The molecule has 0 atom stereocenters. The van der Waals surface area contributed by atoms with Gasteiger partial charge in [0.25, 0.3) is 0 Å². The van der Waals surface area contributed by atoms with E-state index in [4.69, 9.17) is 5.73 Å². The topological polar surface area (TPSA) is 110 Å². The number of hydrogen-bond acceptors (Lipinski definition) is 6. The van der Waals surface area contributed by atoms with Crippen molar-refractivity contribution in [3.63, 3.8) is 0 Å². The number of nitrogens with zero attached hydrogens (tertiary/aromatic N) is 5. The van der Waals surface area contributed by atoms with Crippen LogP contribution in [0.4, 0.5) is 17.6 Å². The van der Waals surface area contributed by atoms with Crippen molar-refractivity contribution < 1.29 is 0 Å². The summed E-state index contributed by atoms with van der Waals surface area (Å²) in [6.45, 7) is 1.81. The van der Waals surface area contributed by atoms with Gasteiger partial charge in [0.1, 0.15) is 23.3 Å². The Morgan fingerprint density at radius 2 is 2.00 bits per heavy atom. The Morgan fingerprint density at radius 3 is 2.78 bits per heavy atom. The molecule has 0 fully saturated rings. The Morgan fingerprint density at radius 1 is 1.13 bits per heavy atom. The average molecular weight is 306 g/mol. The van der Waals surface area contributed by atoms with Crippen LogP contribution in [0.3, 0.4) is 0 Å². The minimum atomic E-state index is 0.415. The molecule has 0 aliphatic carbocycles. The molecule has 0 spiro atoms. The van der Waals surface area contributed by atoms with Crippen LogP contribution >= 0.6 is 0 Å². The van der Waals surface area contributed by atoms with Gasteiger partial charge in [0.05, 0.1) is 17.2 Å². The zero-order valence-electron chi connectivity index (χ0n) is 12.4. The second kappa shape index (κ2) is 5.09. The fourth-order valence-corrected chi connectivity index (χ4v) is 2.48. The van der Waals surface area contributed by atoms with Crippen molar-refractivity contribution in [1.29, 1.82) is 0 Å². The van der Waals surface area contributed by atoms with Gasteiger partial charge in [-0.05, 0) is 19.1 Å². The maximum absolute atomic E-state index is 5.87. The number of nitrogen functional groups attached to an aromatic ring is 1. The SMILES string of the molecule is Cc1nc(N)cc(-n2c(Nc3ccn[nH]3)nc3ccccc32)n1. The molecule has 4 N–H and O–H groups in total. The van der Waals surface area contributed by atoms with Crippen LogP contribution in [0.15, 0.2) is 42.6 Å². The van der Waals surface area contributed by atoms with Crippen LogP contribution in [0.25, 0.3) is 16.9 Å². The largest absolute Gasteiger partial charge is 0.384 e. The number of rotatable bonds is 3. The number of aromatic nitrogens is 6. The van der Waals surface area contributed by atoms with Gasteiger partial charge in [0.15, 0.2) is 0 Å². The Kier molecular flexibility index (Phi) is 2.94. The standard InChI is InChI=1S/C15H14N8/c1-9-18-12(16)8-14(19-9)23-11-5-3-2-4-10(11)20-15(23)21-13-6-7-17-22-13/h2-8H,1H3,(H2,16,18,19)(H2,17,20,21,22). The van der Waals surface area contributed by atoms with Crippen LogP contribution in [0, 0.1) is 6.92 Å². The van der Waals surface area contributed by atoms with E-state index < -0.39 is 0 Å². The highest BCUT2D eigenvalue weighted by Gasteiger charge is 2.14. The summed E-state index contributed by atoms with van der Waals surface area (Å²) in [5, 5.41) is 10.0. The number of nitrogens with one attached hydrogen (secondary N) is 2. The zero-order valence-corrected chi connectivity index (χ0v) is 12.4. The van der Waals surface area contributed by atoms with E-state index >= 15 is 0 Å². The van der Waals surface area contributed by atoms with Crippen molar-refractivity contribution in [2.45, 2.75) is 6.92 Å². The van der Waals surface area contributed by atoms with Crippen molar-refractivity contribution >= 4 is 28.6 Å². The second-order valence-corrected chi connectivity index (χ2v) is 5.05. The van der Waals surface area contributed by atoms with E-state index in [-0.39, 0.29) is 0 Å². The first-order chi connectivity index (χ1) is 11.2. The second-order valence-electron chi connectivity index (χ2n) is 5.05. The van der Waals surface area contributed by atoms with Gasteiger partial charge in [-0.2, -0.15) is 5.10 Å². The predicted octanol–water partition coefficient (Wildman–Crippen LogP) is 2.17.